The molecule has 1 amide bonds. The number of hydrogen-bond acceptors (Lipinski definition) is 6. The molecule has 1 saturated heterocycles. The largest absolute Gasteiger partial charge is 0.348 e. The maximum absolute atomic E-state index is 13.2. The molecule has 2 heterocycles. The number of rotatable bonds is 8. The third kappa shape index (κ3) is 5.44. The topological polar surface area (TPSA) is 75.9 Å². The highest BCUT2D eigenvalue weighted by Crippen LogP contribution is 2.28. The Morgan fingerprint density at radius 2 is 1.74 bits per heavy atom. The minimum atomic E-state index is -0.0324. The maximum Gasteiger partial charge on any atom is 0.252 e. The molecule has 1 N–H and O–H groups in total. The van der Waals surface area contributed by atoms with Crippen molar-refractivity contribution in [1.82, 2.24) is 30.4 Å². The standard InChI is InChI=1S/C27H28N6OS/c1-20(21-10-4-2-5-11-21)32-17-16-22(18-32)28-27(34)24-14-8-9-15-25(24)35-19-26-29-30-31-33(26)23-12-6-3-7-13-23/h2-15,20,22H,16-19H2,1H3,(H,28,34). The summed E-state index contributed by atoms with van der Waals surface area (Å²) in [5.41, 5.74) is 2.90. The highest BCUT2D eigenvalue weighted by molar-refractivity contribution is 7.98. The molecule has 0 bridgehead atoms. The summed E-state index contributed by atoms with van der Waals surface area (Å²) in [5.74, 6) is 1.26. The molecule has 178 valence electrons. The second-order valence-corrected chi connectivity index (χ2v) is 9.69. The number of aromatic nitrogens is 4. The molecule has 7 nitrogen and oxygen atoms in total. The summed E-state index contributed by atoms with van der Waals surface area (Å²) in [7, 11) is 0. The van der Waals surface area contributed by atoms with Crippen molar-refractivity contribution in [2.24, 2.45) is 0 Å². The van der Waals surface area contributed by atoms with Gasteiger partial charge in [-0.05, 0) is 53.6 Å². The van der Waals surface area contributed by atoms with E-state index >= 15 is 0 Å². The molecule has 1 aliphatic rings. The lowest BCUT2D eigenvalue weighted by Crippen LogP contribution is -2.37. The normalized spacial score (nSPS) is 16.8. The van der Waals surface area contributed by atoms with E-state index in [4.69, 9.17) is 0 Å². The van der Waals surface area contributed by atoms with E-state index in [1.165, 1.54) is 5.56 Å². The van der Waals surface area contributed by atoms with Gasteiger partial charge < -0.3 is 5.32 Å². The highest BCUT2D eigenvalue weighted by atomic mass is 32.2. The Balaban J connectivity index is 1.22. The molecule has 0 spiro atoms. The van der Waals surface area contributed by atoms with E-state index in [9.17, 15) is 4.79 Å². The van der Waals surface area contributed by atoms with Crippen LogP contribution in [0.3, 0.4) is 0 Å². The fourth-order valence-electron chi connectivity index (χ4n) is 4.45. The van der Waals surface area contributed by atoms with Gasteiger partial charge in [-0.2, -0.15) is 4.68 Å². The van der Waals surface area contributed by atoms with E-state index in [0.29, 0.717) is 17.4 Å². The summed E-state index contributed by atoms with van der Waals surface area (Å²) in [6.07, 6.45) is 0.948. The van der Waals surface area contributed by atoms with Gasteiger partial charge in [0.05, 0.1) is 17.0 Å². The van der Waals surface area contributed by atoms with Crippen molar-refractivity contribution in [3.05, 3.63) is 102 Å². The Morgan fingerprint density at radius 3 is 2.54 bits per heavy atom. The fourth-order valence-corrected chi connectivity index (χ4v) is 5.41. The third-order valence-electron chi connectivity index (χ3n) is 6.41. The molecule has 2 atom stereocenters. The molecule has 0 saturated carbocycles. The average Bonchev–Trinajstić information content (AvgIpc) is 3.58. The Hall–Kier alpha value is -3.49. The Kier molecular flexibility index (Phi) is 7.20. The molecule has 1 aliphatic heterocycles. The first kappa shape index (κ1) is 23.3. The van der Waals surface area contributed by atoms with Gasteiger partial charge in [0, 0.05) is 30.1 Å². The summed E-state index contributed by atoms with van der Waals surface area (Å²) in [6.45, 7) is 4.05. The van der Waals surface area contributed by atoms with Crippen LogP contribution in [0.25, 0.3) is 5.69 Å². The molecule has 8 heteroatoms. The van der Waals surface area contributed by atoms with Gasteiger partial charge in [0.2, 0.25) is 0 Å². The summed E-state index contributed by atoms with van der Waals surface area (Å²) in [5, 5.41) is 15.4. The first-order valence-corrected chi connectivity index (χ1v) is 12.8. The zero-order valence-electron chi connectivity index (χ0n) is 19.6. The molecular formula is C27H28N6OS. The Morgan fingerprint density at radius 1 is 1.03 bits per heavy atom. The molecule has 4 aromatic rings. The van der Waals surface area contributed by atoms with E-state index < -0.39 is 0 Å². The van der Waals surface area contributed by atoms with Crippen LogP contribution in [-0.2, 0) is 5.75 Å². The van der Waals surface area contributed by atoms with Crippen LogP contribution in [0.5, 0.6) is 0 Å². The van der Waals surface area contributed by atoms with Crippen LogP contribution in [0.2, 0.25) is 0 Å². The van der Waals surface area contributed by atoms with Crippen LogP contribution in [0.1, 0.15) is 41.1 Å². The highest BCUT2D eigenvalue weighted by Gasteiger charge is 2.28. The molecule has 5 rings (SSSR count). The predicted octanol–water partition coefficient (Wildman–Crippen LogP) is 4.52. The zero-order valence-corrected chi connectivity index (χ0v) is 20.4. The molecule has 1 fully saturated rings. The smallest absolute Gasteiger partial charge is 0.252 e. The second-order valence-electron chi connectivity index (χ2n) is 8.67. The molecule has 1 aromatic heterocycles. The zero-order chi connectivity index (χ0) is 24.0. The number of likely N-dealkylation sites (tertiary alicyclic amines) is 1. The van der Waals surface area contributed by atoms with Gasteiger partial charge in [0.25, 0.3) is 5.91 Å². The van der Waals surface area contributed by atoms with Crippen LogP contribution >= 0.6 is 11.8 Å². The number of hydrogen-bond donors (Lipinski definition) is 1. The average molecular weight is 485 g/mol. The van der Waals surface area contributed by atoms with Crippen molar-refractivity contribution < 1.29 is 4.79 Å². The number of benzene rings is 3. The minimum absolute atomic E-state index is 0.0324. The number of amides is 1. The quantitative estimate of drug-likeness (QED) is 0.371. The maximum atomic E-state index is 13.2. The molecule has 2 unspecified atom stereocenters. The number of tetrazole rings is 1. The fraction of sp³-hybridized carbons (Fsp3) is 0.259. The van der Waals surface area contributed by atoms with E-state index in [0.717, 1.165) is 35.9 Å². The van der Waals surface area contributed by atoms with E-state index in [1.54, 1.807) is 16.4 Å². The van der Waals surface area contributed by atoms with Gasteiger partial charge in [0.1, 0.15) is 0 Å². The van der Waals surface area contributed by atoms with Crippen molar-refractivity contribution in [1.29, 1.82) is 0 Å². The van der Waals surface area contributed by atoms with Crippen molar-refractivity contribution in [2.45, 2.75) is 36.1 Å². The van der Waals surface area contributed by atoms with Gasteiger partial charge in [-0.1, -0.05) is 60.7 Å². The SMILES string of the molecule is CC(c1ccccc1)N1CCC(NC(=O)c2ccccc2SCc2nnnn2-c2ccccc2)C1. The van der Waals surface area contributed by atoms with Crippen LogP contribution in [0.4, 0.5) is 0 Å². The number of nitrogens with zero attached hydrogens (tertiary/aromatic N) is 5. The van der Waals surface area contributed by atoms with Crippen LogP contribution in [0, 0.1) is 0 Å². The van der Waals surface area contributed by atoms with Gasteiger partial charge >= 0.3 is 0 Å². The van der Waals surface area contributed by atoms with Crippen molar-refractivity contribution in [2.75, 3.05) is 13.1 Å². The predicted molar refractivity (Wildman–Crippen MR) is 137 cm³/mol. The van der Waals surface area contributed by atoms with Gasteiger partial charge in [-0.25, -0.2) is 0 Å². The third-order valence-corrected chi connectivity index (χ3v) is 7.48. The molecule has 3 aromatic carbocycles. The lowest BCUT2D eigenvalue weighted by atomic mass is 10.1. The van der Waals surface area contributed by atoms with Crippen LogP contribution in [-0.4, -0.2) is 50.1 Å². The van der Waals surface area contributed by atoms with E-state index in [2.05, 4.69) is 56.9 Å². The summed E-state index contributed by atoms with van der Waals surface area (Å²) in [6, 6.07) is 28.5. The number of thioether (sulfide) groups is 1. The first-order chi connectivity index (χ1) is 17.2. The van der Waals surface area contributed by atoms with Gasteiger partial charge in [-0.15, -0.1) is 16.9 Å². The van der Waals surface area contributed by atoms with E-state index in [1.807, 2.05) is 60.7 Å². The second kappa shape index (κ2) is 10.8. The number of carbonyl (C=O) groups excluding carboxylic acids is 1. The van der Waals surface area contributed by atoms with Gasteiger partial charge in [0.15, 0.2) is 5.82 Å². The number of nitrogens with one attached hydrogen (secondary N) is 1. The molecule has 35 heavy (non-hydrogen) atoms. The van der Waals surface area contributed by atoms with Crippen molar-refractivity contribution >= 4 is 17.7 Å². The summed E-state index contributed by atoms with van der Waals surface area (Å²) in [4.78, 5) is 16.6. The lowest BCUT2D eigenvalue weighted by molar-refractivity contribution is 0.0933. The Bertz CT molecular complexity index is 1260. The monoisotopic (exact) mass is 484 g/mol. The molecule has 0 radical (unpaired) electrons. The van der Waals surface area contributed by atoms with Crippen LogP contribution < -0.4 is 5.32 Å². The first-order valence-electron chi connectivity index (χ1n) is 11.8. The summed E-state index contributed by atoms with van der Waals surface area (Å²) >= 11 is 1.57. The van der Waals surface area contributed by atoms with Crippen molar-refractivity contribution in [3.8, 4) is 5.69 Å². The van der Waals surface area contributed by atoms with E-state index in [-0.39, 0.29) is 11.9 Å². The minimum Gasteiger partial charge on any atom is -0.348 e. The Labute approximate surface area is 209 Å². The number of para-hydroxylation sites is 1. The number of carbonyl (C=O) groups is 1. The van der Waals surface area contributed by atoms with Gasteiger partial charge in [-0.3, -0.25) is 9.69 Å². The molecular weight excluding hydrogens is 456 g/mol. The van der Waals surface area contributed by atoms with Crippen LogP contribution in [0.15, 0.2) is 89.8 Å². The lowest BCUT2D eigenvalue weighted by Gasteiger charge is -2.25. The van der Waals surface area contributed by atoms with Crippen molar-refractivity contribution in [3.63, 3.8) is 0 Å². The molecule has 0 aliphatic carbocycles. The summed E-state index contributed by atoms with van der Waals surface area (Å²) < 4.78 is 1.73.